The molecule has 36 heavy (non-hydrogen) atoms. The Morgan fingerprint density at radius 1 is 1.11 bits per heavy atom. The summed E-state index contributed by atoms with van der Waals surface area (Å²) < 4.78 is 7.92. The molecule has 0 radical (unpaired) electrons. The molecule has 0 spiro atoms. The van der Waals surface area contributed by atoms with Gasteiger partial charge in [0, 0.05) is 19.3 Å². The number of benzene rings is 3. The molecule has 1 aliphatic rings. The number of hydrogen-bond acceptors (Lipinski definition) is 4. The van der Waals surface area contributed by atoms with Gasteiger partial charge in [0.1, 0.15) is 24.6 Å². The van der Waals surface area contributed by atoms with E-state index in [1.54, 1.807) is 24.3 Å². The molecule has 7 nitrogen and oxygen atoms in total. The first-order valence-corrected chi connectivity index (χ1v) is 13.1. The molecule has 4 amide bonds. The first-order chi connectivity index (χ1) is 17.3. The van der Waals surface area contributed by atoms with Crippen LogP contribution >= 0.6 is 38.5 Å². The molecular weight excluding hydrogens is 637 g/mol. The first-order valence-electron chi connectivity index (χ1n) is 11.2. The molecule has 2 N–H and O–H groups in total. The van der Waals surface area contributed by atoms with Gasteiger partial charge in [0.25, 0.3) is 5.91 Å². The van der Waals surface area contributed by atoms with Gasteiger partial charge >= 0.3 is 6.03 Å². The second-order valence-corrected chi connectivity index (χ2v) is 10.2. The second-order valence-electron chi connectivity index (χ2n) is 8.04. The third-order valence-electron chi connectivity index (χ3n) is 5.52. The molecule has 0 bridgehead atoms. The Kier molecular flexibility index (Phi) is 8.42. The van der Waals surface area contributed by atoms with Crippen molar-refractivity contribution in [2.75, 3.05) is 11.9 Å². The van der Waals surface area contributed by atoms with Crippen molar-refractivity contribution in [3.63, 3.8) is 0 Å². The molecule has 3 aromatic rings. The molecular formula is C27H23BrIN3O4. The van der Waals surface area contributed by atoms with Crippen molar-refractivity contribution in [2.45, 2.75) is 20.0 Å². The van der Waals surface area contributed by atoms with Crippen molar-refractivity contribution in [1.29, 1.82) is 0 Å². The van der Waals surface area contributed by atoms with Crippen LogP contribution in [0.1, 0.15) is 23.6 Å². The minimum Gasteiger partial charge on any atom is -0.488 e. The van der Waals surface area contributed by atoms with Crippen LogP contribution in [0.15, 0.2) is 76.9 Å². The summed E-state index contributed by atoms with van der Waals surface area (Å²) >= 11 is 5.69. The van der Waals surface area contributed by atoms with Crippen LogP contribution in [-0.4, -0.2) is 29.3 Å². The largest absolute Gasteiger partial charge is 0.488 e. The summed E-state index contributed by atoms with van der Waals surface area (Å²) in [6.45, 7) is 1.94. The van der Waals surface area contributed by atoms with Crippen LogP contribution in [0.5, 0.6) is 5.75 Å². The van der Waals surface area contributed by atoms with Crippen LogP contribution in [0, 0.1) is 3.57 Å². The fourth-order valence-corrected chi connectivity index (χ4v) is 4.40. The van der Waals surface area contributed by atoms with E-state index in [0.717, 1.165) is 30.5 Å². The van der Waals surface area contributed by atoms with E-state index >= 15 is 0 Å². The third-order valence-corrected chi connectivity index (χ3v) is 6.73. The van der Waals surface area contributed by atoms with Gasteiger partial charge in [-0.05, 0) is 82.6 Å². The highest BCUT2D eigenvalue weighted by molar-refractivity contribution is 14.1. The lowest BCUT2D eigenvalue weighted by molar-refractivity contribution is -0.127. The predicted molar refractivity (Wildman–Crippen MR) is 150 cm³/mol. The number of ether oxygens (including phenoxy) is 1. The third kappa shape index (κ3) is 6.33. The molecule has 0 aromatic heterocycles. The Morgan fingerprint density at radius 2 is 1.86 bits per heavy atom. The quantitative estimate of drug-likeness (QED) is 0.184. The Balaban J connectivity index is 1.48. The van der Waals surface area contributed by atoms with E-state index in [1.807, 2.05) is 55.5 Å². The van der Waals surface area contributed by atoms with E-state index < -0.39 is 24.4 Å². The van der Waals surface area contributed by atoms with E-state index in [2.05, 4.69) is 49.2 Å². The average molecular weight is 660 g/mol. The number of hydrogen-bond donors (Lipinski definition) is 2. The van der Waals surface area contributed by atoms with Gasteiger partial charge in [0.15, 0.2) is 0 Å². The number of halogens is 2. The fourth-order valence-electron chi connectivity index (χ4n) is 3.66. The van der Waals surface area contributed by atoms with Crippen molar-refractivity contribution >= 4 is 68.1 Å². The zero-order valence-electron chi connectivity index (χ0n) is 19.4. The molecule has 184 valence electrons. The van der Waals surface area contributed by atoms with E-state index in [0.29, 0.717) is 23.6 Å². The standard InChI is InChI=1S/C27H23BrIN3O4/c1-2-18-5-3-4-6-22(18)30-25(33)15-32-26(34)23(31-27(32)35)14-19-13-20(28)9-12-24(19)36-16-17-7-10-21(29)11-8-17/h3-14H,2,15-16H2,1H3,(H,30,33)(H,31,35)/b23-14+. The van der Waals surface area contributed by atoms with E-state index in [9.17, 15) is 14.4 Å². The number of amides is 4. The lowest BCUT2D eigenvalue weighted by atomic mass is 10.1. The van der Waals surface area contributed by atoms with Crippen molar-refractivity contribution in [1.82, 2.24) is 10.2 Å². The van der Waals surface area contributed by atoms with Gasteiger partial charge in [-0.25, -0.2) is 9.69 Å². The Bertz CT molecular complexity index is 1340. The number of carbonyl (C=O) groups excluding carboxylic acids is 3. The predicted octanol–water partition coefficient (Wildman–Crippen LogP) is 5.73. The second kappa shape index (κ2) is 11.7. The number of anilines is 1. The van der Waals surface area contributed by atoms with Gasteiger partial charge in [0.05, 0.1) is 0 Å². The van der Waals surface area contributed by atoms with Crippen LogP contribution in [0.4, 0.5) is 10.5 Å². The molecule has 0 aliphatic carbocycles. The first kappa shape index (κ1) is 25.9. The minimum absolute atomic E-state index is 0.0685. The van der Waals surface area contributed by atoms with Gasteiger partial charge in [-0.3, -0.25) is 9.59 Å². The molecule has 1 heterocycles. The van der Waals surface area contributed by atoms with Crippen molar-refractivity contribution < 1.29 is 19.1 Å². The van der Waals surface area contributed by atoms with Crippen LogP contribution < -0.4 is 15.4 Å². The topological polar surface area (TPSA) is 87.7 Å². The summed E-state index contributed by atoms with van der Waals surface area (Å²) in [5, 5.41) is 5.35. The molecule has 4 rings (SSSR count). The van der Waals surface area contributed by atoms with Crippen molar-refractivity contribution in [3.8, 4) is 5.75 Å². The average Bonchev–Trinajstić information content (AvgIpc) is 3.12. The number of rotatable bonds is 8. The highest BCUT2D eigenvalue weighted by Crippen LogP contribution is 2.27. The number of imide groups is 1. The SMILES string of the molecule is CCc1ccccc1NC(=O)CN1C(=O)N/C(=C/c2cc(Br)ccc2OCc2ccc(I)cc2)C1=O. The molecule has 0 atom stereocenters. The summed E-state index contributed by atoms with van der Waals surface area (Å²) in [7, 11) is 0. The molecule has 3 aromatic carbocycles. The zero-order valence-corrected chi connectivity index (χ0v) is 23.1. The number of aryl methyl sites for hydroxylation is 1. The van der Waals surface area contributed by atoms with Crippen molar-refractivity contribution in [2.24, 2.45) is 0 Å². The molecule has 1 aliphatic heterocycles. The summed E-state index contributed by atoms with van der Waals surface area (Å²) in [4.78, 5) is 39.0. The molecule has 1 saturated heterocycles. The van der Waals surface area contributed by atoms with E-state index in [1.165, 1.54) is 0 Å². The van der Waals surface area contributed by atoms with E-state index in [4.69, 9.17) is 4.74 Å². The van der Waals surface area contributed by atoms with Crippen LogP contribution in [0.25, 0.3) is 6.08 Å². The van der Waals surface area contributed by atoms with Crippen molar-refractivity contribution in [3.05, 3.63) is 97.2 Å². The van der Waals surface area contributed by atoms with Crippen LogP contribution in [0.3, 0.4) is 0 Å². The Hall–Kier alpha value is -3.18. The van der Waals surface area contributed by atoms with Gasteiger partial charge in [0.2, 0.25) is 5.91 Å². The highest BCUT2D eigenvalue weighted by Gasteiger charge is 2.35. The smallest absolute Gasteiger partial charge is 0.329 e. The monoisotopic (exact) mass is 659 g/mol. The minimum atomic E-state index is -0.651. The lowest BCUT2D eigenvalue weighted by Crippen LogP contribution is -2.38. The maximum absolute atomic E-state index is 13.0. The number of nitrogens with one attached hydrogen (secondary N) is 2. The molecule has 1 fully saturated rings. The highest BCUT2D eigenvalue weighted by atomic mass is 127. The maximum atomic E-state index is 13.0. The Morgan fingerprint density at radius 3 is 2.61 bits per heavy atom. The molecule has 0 saturated carbocycles. The lowest BCUT2D eigenvalue weighted by Gasteiger charge is -2.13. The normalized spacial score (nSPS) is 14.2. The number of carbonyl (C=O) groups is 3. The summed E-state index contributed by atoms with van der Waals surface area (Å²) in [6, 6.07) is 20.2. The molecule has 9 heteroatoms. The number of urea groups is 1. The van der Waals surface area contributed by atoms with Crippen LogP contribution in [0.2, 0.25) is 0 Å². The molecule has 0 unspecified atom stereocenters. The maximum Gasteiger partial charge on any atom is 0.329 e. The summed E-state index contributed by atoms with van der Waals surface area (Å²) in [5.74, 6) is -0.481. The van der Waals surface area contributed by atoms with E-state index in [-0.39, 0.29) is 5.70 Å². The fraction of sp³-hybridized carbons (Fsp3) is 0.148. The summed E-state index contributed by atoms with van der Waals surface area (Å²) in [6.07, 6.45) is 2.30. The zero-order chi connectivity index (χ0) is 25.7. The Labute approximate surface area is 231 Å². The van der Waals surface area contributed by atoms with Crippen LogP contribution in [-0.2, 0) is 22.6 Å². The number of nitrogens with zero attached hydrogens (tertiary/aromatic N) is 1. The van der Waals surface area contributed by atoms with Gasteiger partial charge < -0.3 is 15.4 Å². The summed E-state index contributed by atoms with van der Waals surface area (Å²) in [5.41, 5.74) is 3.32. The van der Waals surface area contributed by atoms with Gasteiger partial charge in [-0.1, -0.05) is 53.2 Å². The number of para-hydroxylation sites is 1. The van der Waals surface area contributed by atoms with Gasteiger partial charge in [-0.2, -0.15) is 0 Å². The van der Waals surface area contributed by atoms with Gasteiger partial charge in [-0.15, -0.1) is 0 Å².